The van der Waals surface area contributed by atoms with Gasteiger partial charge in [-0.05, 0) is 25.8 Å². The van der Waals surface area contributed by atoms with Crippen LogP contribution in [0.2, 0.25) is 5.15 Å². The van der Waals surface area contributed by atoms with Crippen LogP contribution in [0.4, 0.5) is 11.6 Å². The van der Waals surface area contributed by atoms with Gasteiger partial charge in [-0.25, -0.2) is 18.4 Å². The molecule has 1 atom stereocenters. The number of aromatic nitrogens is 4. The van der Waals surface area contributed by atoms with E-state index in [2.05, 4.69) is 32.0 Å². The van der Waals surface area contributed by atoms with Crippen molar-refractivity contribution >= 4 is 45.0 Å². The first-order valence-corrected chi connectivity index (χ1v) is 12.6. The lowest BCUT2D eigenvalue weighted by atomic mass is 10.2. The number of thioether (sulfide) groups is 1. The highest BCUT2D eigenvalue weighted by atomic mass is 35.5. The number of halogens is 1. The van der Waals surface area contributed by atoms with E-state index in [1.807, 2.05) is 37.3 Å². The molecular formula is C20H25ClN6O2S2. The molecule has 0 saturated carbocycles. The van der Waals surface area contributed by atoms with E-state index in [1.54, 1.807) is 20.0 Å². The number of sulfonamides is 1. The highest BCUT2D eigenvalue weighted by Gasteiger charge is 2.26. The molecule has 1 aromatic carbocycles. The predicted molar refractivity (Wildman–Crippen MR) is 125 cm³/mol. The molecule has 0 aliphatic heterocycles. The first-order chi connectivity index (χ1) is 14.7. The quantitative estimate of drug-likeness (QED) is 0.344. The molecule has 2 N–H and O–H groups in total. The molecule has 0 amide bonds. The van der Waals surface area contributed by atoms with E-state index in [9.17, 15) is 8.42 Å². The van der Waals surface area contributed by atoms with Crippen LogP contribution in [0.3, 0.4) is 0 Å². The summed E-state index contributed by atoms with van der Waals surface area (Å²) in [7, 11) is -2.39. The number of nitrogens with zero attached hydrogens (tertiary/aromatic N) is 4. The Morgan fingerprint density at radius 3 is 2.48 bits per heavy atom. The zero-order valence-corrected chi connectivity index (χ0v) is 20.1. The molecule has 0 aliphatic rings. The van der Waals surface area contributed by atoms with Crippen molar-refractivity contribution in [2.75, 3.05) is 10.0 Å². The van der Waals surface area contributed by atoms with Crippen LogP contribution in [0.5, 0.6) is 0 Å². The lowest BCUT2D eigenvalue weighted by molar-refractivity contribution is 0.600. The number of hydrogen-bond acceptors (Lipinski definition) is 7. The molecule has 0 fully saturated rings. The Morgan fingerprint density at radius 2 is 1.87 bits per heavy atom. The number of aryl methyl sites for hydroxylation is 2. The molecule has 166 valence electrons. The van der Waals surface area contributed by atoms with E-state index in [4.69, 9.17) is 11.6 Å². The van der Waals surface area contributed by atoms with Crippen LogP contribution in [0, 0.1) is 6.92 Å². The summed E-state index contributed by atoms with van der Waals surface area (Å²) in [5, 5.41) is 7.86. The second kappa shape index (κ2) is 9.88. The van der Waals surface area contributed by atoms with Gasteiger partial charge in [0.25, 0.3) is 10.0 Å². The van der Waals surface area contributed by atoms with Gasteiger partial charge in [0.2, 0.25) is 0 Å². The van der Waals surface area contributed by atoms with Gasteiger partial charge < -0.3 is 5.32 Å². The smallest absolute Gasteiger partial charge is 0.268 e. The van der Waals surface area contributed by atoms with Gasteiger partial charge in [0, 0.05) is 24.9 Å². The van der Waals surface area contributed by atoms with Gasteiger partial charge in [-0.2, -0.15) is 5.10 Å². The maximum absolute atomic E-state index is 13.0. The van der Waals surface area contributed by atoms with E-state index in [0.29, 0.717) is 22.4 Å². The standard InChI is InChI=1S/C20H25ClN6O2S2/c1-5-13(2)22-16-11-17(24-20(23-16)30-12-15-9-7-6-8-10-15)26-31(28,29)18-14(3)25-27(4)19(18)21/h6-11,13H,5,12H2,1-4H3,(H2,22,23,24,26)/t13-/m1/s1. The van der Waals surface area contributed by atoms with Gasteiger partial charge >= 0.3 is 0 Å². The minimum atomic E-state index is -3.98. The van der Waals surface area contributed by atoms with Gasteiger partial charge in [0.1, 0.15) is 21.7 Å². The number of nitrogens with one attached hydrogen (secondary N) is 2. The van der Waals surface area contributed by atoms with E-state index in [0.717, 1.165) is 12.0 Å². The highest BCUT2D eigenvalue weighted by molar-refractivity contribution is 7.98. The summed E-state index contributed by atoms with van der Waals surface area (Å²) in [5.74, 6) is 1.37. The summed E-state index contributed by atoms with van der Waals surface area (Å²) < 4.78 is 29.9. The monoisotopic (exact) mass is 480 g/mol. The number of hydrogen-bond donors (Lipinski definition) is 2. The maximum atomic E-state index is 13.0. The van der Waals surface area contributed by atoms with Crippen molar-refractivity contribution in [3.05, 3.63) is 52.8 Å². The highest BCUT2D eigenvalue weighted by Crippen LogP contribution is 2.28. The lowest BCUT2D eigenvalue weighted by Crippen LogP contribution is -2.18. The fraction of sp³-hybridized carbons (Fsp3) is 0.350. The number of benzene rings is 1. The largest absolute Gasteiger partial charge is 0.367 e. The average molecular weight is 481 g/mol. The third-order valence-corrected chi connectivity index (χ3v) is 7.50. The molecule has 8 nitrogen and oxygen atoms in total. The van der Waals surface area contributed by atoms with E-state index in [1.165, 1.54) is 16.4 Å². The van der Waals surface area contributed by atoms with Crippen LogP contribution in [0.15, 0.2) is 46.5 Å². The molecule has 0 spiro atoms. The average Bonchev–Trinajstić information content (AvgIpc) is 2.98. The SMILES string of the molecule is CC[C@@H](C)Nc1cc(NS(=O)(=O)c2c(C)nn(C)c2Cl)nc(SCc2ccccc2)n1. The van der Waals surface area contributed by atoms with Crippen LogP contribution in [0.1, 0.15) is 31.5 Å². The Hall–Kier alpha value is -2.30. The summed E-state index contributed by atoms with van der Waals surface area (Å²) in [5.41, 5.74) is 1.43. The van der Waals surface area contributed by atoms with Gasteiger partial charge in [-0.1, -0.05) is 60.6 Å². The van der Waals surface area contributed by atoms with Crippen molar-refractivity contribution in [1.29, 1.82) is 0 Å². The van der Waals surface area contributed by atoms with Crippen molar-refractivity contribution in [2.24, 2.45) is 7.05 Å². The van der Waals surface area contributed by atoms with Gasteiger partial charge in [-0.15, -0.1) is 0 Å². The number of anilines is 2. The van der Waals surface area contributed by atoms with Crippen molar-refractivity contribution < 1.29 is 8.42 Å². The molecule has 0 bridgehead atoms. The molecule has 2 heterocycles. The summed E-state index contributed by atoms with van der Waals surface area (Å²) in [6, 6.07) is 11.7. The molecule has 0 aliphatic carbocycles. The van der Waals surface area contributed by atoms with Crippen molar-refractivity contribution in [3.63, 3.8) is 0 Å². The normalized spacial score (nSPS) is 12.5. The summed E-state index contributed by atoms with van der Waals surface area (Å²) >= 11 is 7.59. The lowest BCUT2D eigenvalue weighted by Gasteiger charge is -2.15. The second-order valence-electron chi connectivity index (χ2n) is 7.08. The molecule has 0 unspecified atom stereocenters. The predicted octanol–water partition coefficient (Wildman–Crippen LogP) is 4.48. The van der Waals surface area contributed by atoms with E-state index in [-0.39, 0.29) is 21.9 Å². The summed E-state index contributed by atoms with van der Waals surface area (Å²) in [6.45, 7) is 5.68. The number of rotatable bonds is 9. The Balaban J connectivity index is 1.91. The first kappa shape index (κ1) is 23.4. The third-order valence-electron chi connectivity index (χ3n) is 4.53. The third kappa shape index (κ3) is 5.90. The fourth-order valence-corrected chi connectivity index (χ4v) is 5.36. The minimum absolute atomic E-state index is 0.0377. The van der Waals surface area contributed by atoms with Crippen LogP contribution >= 0.6 is 23.4 Å². The zero-order valence-electron chi connectivity index (χ0n) is 17.8. The van der Waals surface area contributed by atoms with Crippen LogP contribution in [-0.4, -0.2) is 34.2 Å². The maximum Gasteiger partial charge on any atom is 0.268 e. The minimum Gasteiger partial charge on any atom is -0.367 e. The van der Waals surface area contributed by atoms with Gasteiger partial charge in [0.15, 0.2) is 5.16 Å². The molecule has 0 saturated heterocycles. The second-order valence-corrected chi connectivity index (χ2v) is 10.0. The molecule has 0 radical (unpaired) electrons. The van der Waals surface area contributed by atoms with Crippen LogP contribution in [-0.2, 0) is 22.8 Å². The van der Waals surface area contributed by atoms with Crippen molar-refractivity contribution in [1.82, 2.24) is 19.7 Å². The Morgan fingerprint density at radius 1 is 1.19 bits per heavy atom. The summed E-state index contributed by atoms with van der Waals surface area (Å²) in [4.78, 5) is 8.89. The Kier molecular flexibility index (Phi) is 7.45. The van der Waals surface area contributed by atoms with Crippen molar-refractivity contribution in [3.8, 4) is 0 Å². The van der Waals surface area contributed by atoms with E-state index < -0.39 is 10.0 Å². The van der Waals surface area contributed by atoms with Gasteiger partial charge in [-0.3, -0.25) is 9.40 Å². The Labute approximate surface area is 191 Å². The first-order valence-electron chi connectivity index (χ1n) is 9.74. The molecule has 31 heavy (non-hydrogen) atoms. The molecule has 3 rings (SSSR count). The zero-order chi connectivity index (χ0) is 22.6. The topological polar surface area (TPSA) is 102 Å². The summed E-state index contributed by atoms with van der Waals surface area (Å²) in [6.07, 6.45) is 0.891. The van der Waals surface area contributed by atoms with Gasteiger partial charge in [0.05, 0.1) is 5.69 Å². The van der Waals surface area contributed by atoms with Crippen LogP contribution < -0.4 is 10.0 Å². The molecule has 11 heteroatoms. The van der Waals surface area contributed by atoms with Crippen LogP contribution in [0.25, 0.3) is 0 Å². The van der Waals surface area contributed by atoms with Crippen molar-refractivity contribution in [2.45, 2.75) is 49.0 Å². The fourth-order valence-electron chi connectivity index (χ4n) is 2.80. The van der Waals surface area contributed by atoms with E-state index >= 15 is 0 Å². The molecular weight excluding hydrogens is 456 g/mol. The Bertz CT molecular complexity index is 1150. The molecule has 2 aromatic heterocycles. The molecule has 3 aromatic rings.